The summed E-state index contributed by atoms with van der Waals surface area (Å²) in [5.41, 5.74) is -0.469. The number of hydrogen-bond donors (Lipinski definition) is 1. The summed E-state index contributed by atoms with van der Waals surface area (Å²) in [6.45, 7) is 2.55. The molecule has 7 nitrogen and oxygen atoms in total. The van der Waals surface area contributed by atoms with E-state index in [2.05, 4.69) is 10.1 Å². The molecule has 0 radical (unpaired) electrons. The fourth-order valence-electron chi connectivity index (χ4n) is 2.37. The van der Waals surface area contributed by atoms with Crippen molar-refractivity contribution >= 4 is 17.9 Å². The van der Waals surface area contributed by atoms with Crippen molar-refractivity contribution < 1.29 is 23.9 Å². The predicted octanol–water partition coefficient (Wildman–Crippen LogP) is 0.207. The highest BCUT2D eigenvalue weighted by atomic mass is 16.5. The van der Waals surface area contributed by atoms with E-state index in [1.165, 1.54) is 13.2 Å². The molecule has 1 spiro atoms. The van der Waals surface area contributed by atoms with Gasteiger partial charge in [-0.2, -0.15) is 0 Å². The van der Waals surface area contributed by atoms with Crippen LogP contribution in [0, 0.1) is 0 Å². The molecule has 2 aliphatic heterocycles. The minimum atomic E-state index is -0.831. The minimum absolute atomic E-state index is 0.0637. The van der Waals surface area contributed by atoms with Crippen molar-refractivity contribution in [3.8, 4) is 0 Å². The van der Waals surface area contributed by atoms with Crippen LogP contribution in [0.4, 0.5) is 4.79 Å². The third-order valence-electron chi connectivity index (χ3n) is 3.68. The first-order valence-corrected chi connectivity index (χ1v) is 6.47. The van der Waals surface area contributed by atoms with Gasteiger partial charge >= 0.3 is 12.0 Å². The van der Waals surface area contributed by atoms with E-state index in [1.54, 1.807) is 6.92 Å². The Bertz CT molecular complexity index is 465. The van der Waals surface area contributed by atoms with Gasteiger partial charge in [0, 0.05) is 38.2 Å². The molecule has 0 aromatic carbocycles. The average Bonchev–Trinajstić information content (AvgIpc) is 2.67. The van der Waals surface area contributed by atoms with Crippen molar-refractivity contribution in [1.29, 1.82) is 0 Å². The third kappa shape index (κ3) is 2.53. The van der Waals surface area contributed by atoms with E-state index in [9.17, 15) is 14.4 Å². The first-order valence-electron chi connectivity index (χ1n) is 6.47. The Labute approximate surface area is 116 Å². The van der Waals surface area contributed by atoms with E-state index in [0.717, 1.165) is 4.90 Å². The van der Waals surface area contributed by atoms with Crippen molar-refractivity contribution in [2.45, 2.75) is 25.3 Å². The molecule has 0 aromatic rings. The van der Waals surface area contributed by atoms with Crippen LogP contribution in [0.25, 0.3) is 0 Å². The lowest BCUT2D eigenvalue weighted by atomic mass is 9.90. The van der Waals surface area contributed by atoms with Crippen LogP contribution in [-0.2, 0) is 19.1 Å². The summed E-state index contributed by atoms with van der Waals surface area (Å²) in [5, 5.41) is 2.75. The normalized spacial score (nSPS) is 22.1. The maximum Gasteiger partial charge on any atom is 0.333 e. The number of amides is 3. The highest BCUT2D eigenvalue weighted by Crippen LogP contribution is 2.28. The molecule has 0 aromatic heterocycles. The maximum atomic E-state index is 12.4. The second-order valence-corrected chi connectivity index (χ2v) is 4.92. The summed E-state index contributed by atoms with van der Waals surface area (Å²) in [4.78, 5) is 36.7. The van der Waals surface area contributed by atoms with Crippen molar-refractivity contribution in [2.24, 2.45) is 0 Å². The van der Waals surface area contributed by atoms with Crippen LogP contribution in [-0.4, -0.2) is 55.2 Å². The Morgan fingerprint density at radius 3 is 2.70 bits per heavy atom. The highest BCUT2D eigenvalue weighted by Gasteiger charge is 2.51. The molecule has 0 bridgehead atoms. The molecule has 2 heterocycles. The van der Waals surface area contributed by atoms with Crippen molar-refractivity contribution in [2.75, 3.05) is 26.9 Å². The molecule has 2 fully saturated rings. The van der Waals surface area contributed by atoms with Gasteiger partial charge in [0.05, 0.1) is 7.11 Å². The standard InChI is InChI=1S/C13H18N2O5/c1-9(10(16)19-2)3-6-15-11(17)13(14-12(15)18)4-7-20-8-5-13/h3H,4-8H2,1-2H3,(H,14,18). The Morgan fingerprint density at radius 2 is 2.10 bits per heavy atom. The zero-order valence-corrected chi connectivity index (χ0v) is 11.6. The summed E-state index contributed by atoms with van der Waals surface area (Å²) >= 11 is 0. The van der Waals surface area contributed by atoms with Gasteiger partial charge in [0.15, 0.2) is 0 Å². The maximum absolute atomic E-state index is 12.4. The van der Waals surface area contributed by atoms with Gasteiger partial charge in [-0.05, 0) is 6.92 Å². The monoisotopic (exact) mass is 282 g/mol. The van der Waals surface area contributed by atoms with E-state index in [4.69, 9.17) is 4.74 Å². The molecule has 0 unspecified atom stereocenters. The molecule has 3 amide bonds. The average molecular weight is 282 g/mol. The van der Waals surface area contributed by atoms with Crippen LogP contribution < -0.4 is 5.32 Å². The van der Waals surface area contributed by atoms with Gasteiger partial charge in [-0.25, -0.2) is 9.59 Å². The Balaban J connectivity index is 2.08. The van der Waals surface area contributed by atoms with Crippen molar-refractivity contribution in [1.82, 2.24) is 10.2 Å². The van der Waals surface area contributed by atoms with E-state index >= 15 is 0 Å². The lowest BCUT2D eigenvalue weighted by molar-refractivity contribution is -0.136. The zero-order valence-electron chi connectivity index (χ0n) is 11.6. The number of hydrogen-bond acceptors (Lipinski definition) is 5. The number of methoxy groups -OCH3 is 1. The number of rotatable bonds is 3. The molecule has 2 aliphatic rings. The smallest absolute Gasteiger partial charge is 0.333 e. The number of carbonyl (C=O) groups is 3. The van der Waals surface area contributed by atoms with Crippen LogP contribution in [0.3, 0.4) is 0 Å². The summed E-state index contributed by atoms with van der Waals surface area (Å²) < 4.78 is 9.79. The first-order chi connectivity index (χ1) is 9.50. The lowest BCUT2D eigenvalue weighted by Crippen LogP contribution is -2.51. The highest BCUT2D eigenvalue weighted by molar-refractivity contribution is 6.07. The number of urea groups is 1. The topological polar surface area (TPSA) is 84.9 Å². The number of nitrogens with one attached hydrogen (secondary N) is 1. The Morgan fingerprint density at radius 1 is 1.45 bits per heavy atom. The van der Waals surface area contributed by atoms with Gasteiger partial charge in [-0.1, -0.05) is 6.08 Å². The van der Waals surface area contributed by atoms with E-state index in [0.29, 0.717) is 31.6 Å². The van der Waals surface area contributed by atoms with Crippen LogP contribution in [0.15, 0.2) is 11.6 Å². The first kappa shape index (κ1) is 14.5. The SMILES string of the molecule is COC(=O)C(C)=CCN1C(=O)NC2(CCOCC2)C1=O. The summed E-state index contributed by atoms with van der Waals surface area (Å²) in [7, 11) is 1.28. The number of imide groups is 1. The molecular formula is C13H18N2O5. The van der Waals surface area contributed by atoms with Gasteiger partial charge < -0.3 is 14.8 Å². The molecule has 7 heteroatoms. The van der Waals surface area contributed by atoms with E-state index in [1.807, 2.05) is 0 Å². The quantitative estimate of drug-likeness (QED) is 0.454. The number of carbonyl (C=O) groups excluding carboxylic acids is 3. The number of esters is 1. The molecule has 2 saturated heterocycles. The molecular weight excluding hydrogens is 264 g/mol. The summed E-state index contributed by atoms with van der Waals surface area (Å²) in [6, 6.07) is -0.425. The van der Waals surface area contributed by atoms with Crippen LogP contribution in [0.2, 0.25) is 0 Å². The van der Waals surface area contributed by atoms with Gasteiger partial charge in [0.25, 0.3) is 5.91 Å². The van der Waals surface area contributed by atoms with Gasteiger partial charge in [-0.15, -0.1) is 0 Å². The number of nitrogens with zero attached hydrogens (tertiary/aromatic N) is 1. The predicted molar refractivity (Wildman–Crippen MR) is 68.8 cm³/mol. The molecule has 0 saturated carbocycles. The third-order valence-corrected chi connectivity index (χ3v) is 3.68. The fraction of sp³-hybridized carbons (Fsp3) is 0.615. The van der Waals surface area contributed by atoms with Crippen LogP contribution in [0.5, 0.6) is 0 Å². The summed E-state index contributed by atoms with van der Waals surface area (Å²) in [5.74, 6) is -0.724. The van der Waals surface area contributed by atoms with Crippen molar-refractivity contribution in [3.63, 3.8) is 0 Å². The van der Waals surface area contributed by atoms with E-state index < -0.39 is 17.5 Å². The van der Waals surface area contributed by atoms with Gasteiger partial charge in [0.1, 0.15) is 5.54 Å². The second kappa shape index (κ2) is 5.62. The molecule has 0 atom stereocenters. The molecule has 20 heavy (non-hydrogen) atoms. The van der Waals surface area contributed by atoms with Gasteiger partial charge in [-0.3, -0.25) is 9.69 Å². The molecule has 0 aliphatic carbocycles. The van der Waals surface area contributed by atoms with Crippen LogP contribution >= 0.6 is 0 Å². The molecule has 1 N–H and O–H groups in total. The Kier molecular flexibility index (Phi) is 4.08. The summed E-state index contributed by atoms with van der Waals surface area (Å²) in [6.07, 6.45) is 2.48. The van der Waals surface area contributed by atoms with Crippen molar-refractivity contribution in [3.05, 3.63) is 11.6 Å². The lowest BCUT2D eigenvalue weighted by Gasteiger charge is -2.30. The fourth-order valence-corrected chi connectivity index (χ4v) is 2.37. The molecule has 2 rings (SSSR count). The Hall–Kier alpha value is -1.89. The largest absolute Gasteiger partial charge is 0.466 e. The molecule has 110 valence electrons. The minimum Gasteiger partial charge on any atom is -0.466 e. The van der Waals surface area contributed by atoms with Crippen LogP contribution in [0.1, 0.15) is 19.8 Å². The van der Waals surface area contributed by atoms with Gasteiger partial charge in [0.2, 0.25) is 0 Å². The zero-order chi connectivity index (χ0) is 14.8. The second-order valence-electron chi connectivity index (χ2n) is 4.92. The van der Waals surface area contributed by atoms with E-state index in [-0.39, 0.29) is 12.5 Å². The number of ether oxygens (including phenoxy) is 2.